The summed E-state index contributed by atoms with van der Waals surface area (Å²) in [6, 6.07) is 22.8. The smallest absolute Gasteiger partial charge is 0.295 e. The van der Waals surface area contributed by atoms with Gasteiger partial charge in [-0.25, -0.2) is 4.39 Å². The molecule has 8 heteroatoms. The zero-order valence-corrected chi connectivity index (χ0v) is 20.7. The van der Waals surface area contributed by atoms with Crippen molar-refractivity contribution in [1.29, 1.82) is 0 Å². The molecule has 0 bridgehead atoms. The number of hydrogen-bond acceptors (Lipinski definition) is 4. The third-order valence-corrected chi connectivity index (χ3v) is 10.9. The summed E-state index contributed by atoms with van der Waals surface area (Å²) in [7, 11) is -2.63. The van der Waals surface area contributed by atoms with Crippen molar-refractivity contribution in [2.45, 2.75) is 32.2 Å². The number of nitro benzene ring substituents is 1. The largest absolute Gasteiger partial charge is 0.407 e. The molecule has 0 heterocycles. The fourth-order valence-corrected chi connectivity index (χ4v) is 8.88. The van der Waals surface area contributed by atoms with E-state index >= 15 is 0 Å². The number of anilines is 1. The van der Waals surface area contributed by atoms with Crippen LogP contribution in [0.1, 0.15) is 27.2 Å². The summed E-state index contributed by atoms with van der Waals surface area (Å²) >= 11 is 5.82. The van der Waals surface area contributed by atoms with Crippen LogP contribution in [0.15, 0.2) is 72.8 Å². The van der Waals surface area contributed by atoms with Crippen LogP contribution in [0.3, 0.4) is 0 Å². The van der Waals surface area contributed by atoms with Gasteiger partial charge in [0.25, 0.3) is 14.0 Å². The van der Waals surface area contributed by atoms with E-state index in [1.165, 1.54) is 16.4 Å². The van der Waals surface area contributed by atoms with E-state index in [0.717, 1.165) is 6.07 Å². The summed E-state index contributed by atoms with van der Waals surface area (Å²) in [6.45, 7) is 7.51. The first-order valence-corrected chi connectivity index (χ1v) is 13.1. The Morgan fingerprint density at radius 2 is 1.58 bits per heavy atom. The number of halogens is 2. The lowest BCUT2D eigenvalue weighted by Crippen LogP contribution is -2.66. The van der Waals surface area contributed by atoms with Crippen LogP contribution in [0.5, 0.6) is 0 Å². The average molecular weight is 487 g/mol. The zero-order chi connectivity index (χ0) is 24.1. The van der Waals surface area contributed by atoms with Crippen molar-refractivity contribution in [1.82, 2.24) is 0 Å². The topological polar surface area (TPSA) is 64.4 Å². The minimum Gasteiger partial charge on any atom is -0.407 e. The Morgan fingerprint density at radius 1 is 1.03 bits per heavy atom. The number of rotatable bonds is 9. The fourth-order valence-electron chi connectivity index (χ4n) is 4.11. The maximum Gasteiger partial charge on any atom is 0.295 e. The van der Waals surface area contributed by atoms with Gasteiger partial charge in [-0.1, -0.05) is 93.0 Å². The van der Waals surface area contributed by atoms with E-state index in [1.807, 2.05) is 36.4 Å². The summed E-state index contributed by atoms with van der Waals surface area (Å²) in [4.78, 5) is 10.6. The lowest BCUT2D eigenvalue weighted by atomic mass is 10.2. The molecule has 0 unspecified atom stereocenters. The van der Waals surface area contributed by atoms with Gasteiger partial charge in [-0.2, -0.15) is 0 Å². The number of nitrogens with one attached hydrogen (secondary N) is 1. The van der Waals surface area contributed by atoms with Crippen molar-refractivity contribution in [2.24, 2.45) is 0 Å². The van der Waals surface area contributed by atoms with Gasteiger partial charge in [0.2, 0.25) is 0 Å². The van der Waals surface area contributed by atoms with Crippen molar-refractivity contribution < 1.29 is 13.7 Å². The van der Waals surface area contributed by atoms with Crippen LogP contribution in [0, 0.1) is 15.9 Å². The third kappa shape index (κ3) is 5.43. The Kier molecular flexibility index (Phi) is 7.89. The molecular weight excluding hydrogens is 459 g/mol. The van der Waals surface area contributed by atoms with E-state index in [1.54, 1.807) is 0 Å². The molecule has 174 valence electrons. The fraction of sp³-hybridized carbons (Fsp3) is 0.280. The Morgan fingerprint density at radius 3 is 2.06 bits per heavy atom. The average Bonchev–Trinajstić information content (AvgIpc) is 2.78. The molecule has 0 fully saturated rings. The minimum absolute atomic E-state index is 0.133. The van der Waals surface area contributed by atoms with E-state index in [9.17, 15) is 14.5 Å². The van der Waals surface area contributed by atoms with Crippen molar-refractivity contribution in [2.75, 3.05) is 18.5 Å². The lowest BCUT2D eigenvalue weighted by Gasteiger charge is -2.43. The molecule has 0 spiro atoms. The molecule has 33 heavy (non-hydrogen) atoms. The quantitative estimate of drug-likeness (QED) is 0.180. The first-order valence-electron chi connectivity index (χ1n) is 10.8. The molecule has 0 aromatic heterocycles. The van der Waals surface area contributed by atoms with Crippen LogP contribution in [0.2, 0.25) is 10.1 Å². The third-order valence-electron chi connectivity index (χ3n) is 5.61. The molecule has 0 aliphatic rings. The van der Waals surface area contributed by atoms with Gasteiger partial charge in [-0.3, -0.25) is 10.1 Å². The van der Waals surface area contributed by atoms with E-state index < -0.39 is 19.1 Å². The molecule has 1 N–H and O–H groups in total. The second kappa shape index (κ2) is 10.5. The highest BCUT2D eigenvalue weighted by atomic mass is 35.5. The zero-order valence-electron chi connectivity index (χ0n) is 19.0. The molecule has 0 saturated heterocycles. The molecule has 3 rings (SSSR count). The molecular formula is C25H28ClFN2O3Si. The van der Waals surface area contributed by atoms with Crippen LogP contribution >= 0.6 is 11.6 Å². The summed E-state index contributed by atoms with van der Waals surface area (Å²) in [5.41, 5.74) is -0.151. The highest BCUT2D eigenvalue weighted by Crippen LogP contribution is 2.37. The second-order valence-corrected chi connectivity index (χ2v) is 13.5. The predicted molar refractivity (Wildman–Crippen MR) is 135 cm³/mol. The molecule has 0 saturated carbocycles. The Labute approximate surface area is 199 Å². The van der Waals surface area contributed by atoms with Crippen molar-refractivity contribution in [3.63, 3.8) is 0 Å². The SMILES string of the molecule is CC(C)(C)[Si](OCCCNc1cc(Cl)c(F)cc1[N+](=O)[O-])(c1ccccc1)c1ccccc1. The normalized spacial score (nSPS) is 11.9. The van der Waals surface area contributed by atoms with Gasteiger partial charge < -0.3 is 9.74 Å². The molecule has 0 atom stereocenters. The van der Waals surface area contributed by atoms with Gasteiger partial charge in [0.1, 0.15) is 11.5 Å². The van der Waals surface area contributed by atoms with Crippen molar-refractivity contribution >= 4 is 41.7 Å². The number of benzene rings is 3. The van der Waals surface area contributed by atoms with Gasteiger partial charge in [0.05, 0.1) is 16.0 Å². The van der Waals surface area contributed by atoms with Gasteiger partial charge in [0.15, 0.2) is 0 Å². The van der Waals surface area contributed by atoms with Gasteiger partial charge >= 0.3 is 0 Å². The monoisotopic (exact) mass is 486 g/mol. The van der Waals surface area contributed by atoms with Crippen LogP contribution in [-0.2, 0) is 4.43 Å². The second-order valence-electron chi connectivity index (χ2n) is 8.83. The van der Waals surface area contributed by atoms with Crippen LogP contribution in [0.25, 0.3) is 0 Å². The number of hydrogen-bond donors (Lipinski definition) is 1. The molecule has 5 nitrogen and oxygen atoms in total. The Balaban J connectivity index is 1.80. The highest BCUT2D eigenvalue weighted by molar-refractivity contribution is 6.99. The Bertz CT molecular complexity index is 1050. The van der Waals surface area contributed by atoms with Crippen LogP contribution < -0.4 is 15.7 Å². The van der Waals surface area contributed by atoms with Gasteiger partial charge in [-0.15, -0.1) is 0 Å². The Hall–Kier alpha value is -2.74. The predicted octanol–water partition coefficient (Wildman–Crippen LogP) is 5.77. The standard InChI is InChI=1S/C25H28ClFN2O3Si/c1-25(2,3)33(19-11-6-4-7-12-19,20-13-8-5-9-14-20)32-16-10-15-28-23-17-21(26)22(27)18-24(23)29(30)31/h4-9,11-14,17-18,28H,10,15-16H2,1-3H3. The molecule has 3 aromatic carbocycles. The van der Waals surface area contributed by atoms with Crippen molar-refractivity contribution in [3.8, 4) is 0 Å². The van der Waals surface area contributed by atoms with E-state index in [-0.39, 0.29) is 21.4 Å². The maximum absolute atomic E-state index is 13.6. The summed E-state index contributed by atoms with van der Waals surface area (Å²) in [6.07, 6.45) is 0.608. The van der Waals surface area contributed by atoms with E-state index in [0.29, 0.717) is 19.6 Å². The van der Waals surface area contributed by atoms with Crippen LogP contribution in [0.4, 0.5) is 15.8 Å². The summed E-state index contributed by atoms with van der Waals surface area (Å²) in [5.74, 6) is -0.816. The first-order chi connectivity index (χ1) is 15.7. The molecule has 3 aromatic rings. The molecule has 0 amide bonds. The first kappa shape index (κ1) is 24.9. The van der Waals surface area contributed by atoms with Crippen molar-refractivity contribution in [3.05, 3.63) is 93.8 Å². The molecule has 0 radical (unpaired) electrons. The highest BCUT2D eigenvalue weighted by Gasteiger charge is 2.49. The molecule has 0 aliphatic carbocycles. The van der Waals surface area contributed by atoms with E-state index in [4.69, 9.17) is 16.0 Å². The minimum atomic E-state index is -2.63. The lowest BCUT2D eigenvalue weighted by molar-refractivity contribution is -0.384. The van der Waals surface area contributed by atoms with Crippen LogP contribution in [-0.4, -0.2) is 26.4 Å². The summed E-state index contributed by atoms with van der Waals surface area (Å²) in [5, 5.41) is 16.4. The molecule has 0 aliphatic heterocycles. The van der Waals surface area contributed by atoms with E-state index in [2.05, 4.69) is 50.4 Å². The number of nitro groups is 1. The number of nitrogens with zero attached hydrogens (tertiary/aromatic N) is 1. The summed E-state index contributed by atoms with van der Waals surface area (Å²) < 4.78 is 20.5. The van der Waals surface area contributed by atoms with Gasteiger partial charge in [0, 0.05) is 13.2 Å². The maximum atomic E-state index is 13.6. The van der Waals surface area contributed by atoms with Gasteiger partial charge in [-0.05, 0) is 27.9 Å².